The van der Waals surface area contributed by atoms with Crippen LogP contribution in [0.25, 0.3) is 0 Å². The van der Waals surface area contributed by atoms with E-state index in [9.17, 15) is 9.46 Å². The van der Waals surface area contributed by atoms with Gasteiger partial charge in [-0.05, 0) is 53.4 Å². The van der Waals surface area contributed by atoms with Crippen molar-refractivity contribution in [1.29, 1.82) is 0 Å². The van der Waals surface area contributed by atoms with Gasteiger partial charge in [-0.15, -0.1) is 0 Å². The summed E-state index contributed by atoms with van der Waals surface area (Å²) in [6.45, 7) is 8.55. The van der Waals surface area contributed by atoms with Crippen molar-refractivity contribution in [3.8, 4) is 0 Å². The van der Waals surface area contributed by atoms with Crippen molar-refractivity contribution in [2.45, 2.75) is 53.4 Å². The first-order chi connectivity index (χ1) is 11.4. The Bertz CT molecular complexity index is 570. The van der Waals surface area contributed by atoms with Crippen molar-refractivity contribution in [3.05, 3.63) is 34.9 Å². The van der Waals surface area contributed by atoms with E-state index in [-0.39, 0.29) is 6.54 Å². The van der Waals surface area contributed by atoms with E-state index in [0.29, 0.717) is 0 Å². The van der Waals surface area contributed by atoms with Crippen LogP contribution in [0.2, 0.25) is 0 Å². The maximum Gasteiger partial charge on any atom is 0.414 e. The summed E-state index contributed by atoms with van der Waals surface area (Å²) in [6, 6.07) is 0. The molecule has 0 aromatic heterocycles. The van der Waals surface area contributed by atoms with E-state index in [1.165, 1.54) is 11.1 Å². The summed E-state index contributed by atoms with van der Waals surface area (Å²) in [4.78, 5) is 39.7. The van der Waals surface area contributed by atoms with Gasteiger partial charge in [0.2, 0.25) is 5.90 Å². The fourth-order valence-electron chi connectivity index (χ4n) is 2.03. The molecule has 0 saturated heterocycles. The highest BCUT2D eigenvalue weighted by Crippen LogP contribution is 2.58. The van der Waals surface area contributed by atoms with Crippen LogP contribution in [0, 0.1) is 0 Å². The van der Waals surface area contributed by atoms with Crippen LogP contribution in [-0.4, -0.2) is 38.0 Å². The fourth-order valence-corrected chi connectivity index (χ4v) is 4.85. The molecule has 0 rings (SSSR count). The van der Waals surface area contributed by atoms with Gasteiger partial charge in [-0.3, -0.25) is 9.56 Å². The Balaban J connectivity index is 4.23. The summed E-state index contributed by atoms with van der Waals surface area (Å²) < 4.78 is 11.6. The van der Waals surface area contributed by atoms with Crippen molar-refractivity contribution in [2.75, 3.05) is 12.4 Å². The van der Waals surface area contributed by atoms with E-state index in [0.717, 1.165) is 37.2 Å². The Hall–Kier alpha value is -0.610. The third kappa shape index (κ3) is 16.6. The molecule has 0 fully saturated rings. The molecule has 0 aromatic carbocycles. The molecular weight excluding hydrogens is 360 g/mol. The number of hydrogen-bond acceptors (Lipinski definition) is 5. The molecule has 0 aliphatic heterocycles. The molecule has 0 saturated carbocycles. The van der Waals surface area contributed by atoms with Gasteiger partial charge in [-0.2, -0.15) is 14.7 Å². The zero-order chi connectivity index (χ0) is 19.5. The van der Waals surface area contributed by atoms with Crippen molar-refractivity contribution < 1.29 is 24.1 Å². The maximum atomic E-state index is 11.6. The van der Waals surface area contributed by atoms with E-state index >= 15 is 0 Å². The number of nitrogens with zero attached hydrogens (tertiary/aromatic N) is 1. The smallest absolute Gasteiger partial charge is 0.338 e. The molecule has 144 valence electrons. The highest BCUT2D eigenvalue weighted by Gasteiger charge is 2.39. The summed E-state index contributed by atoms with van der Waals surface area (Å²) in [6.07, 6.45) is 10.3. The Kier molecular flexibility index (Phi) is 11.6. The minimum absolute atomic E-state index is 0.243. The fraction of sp³-hybridized carbons (Fsp3) is 0.588. The van der Waals surface area contributed by atoms with Gasteiger partial charge >= 0.3 is 7.94 Å². The summed E-state index contributed by atoms with van der Waals surface area (Å²) in [7, 11) is -8.24. The molecule has 0 heterocycles. The van der Waals surface area contributed by atoms with Crippen LogP contribution in [0.15, 0.2) is 39.9 Å². The van der Waals surface area contributed by atoms with Crippen molar-refractivity contribution in [2.24, 2.45) is 4.99 Å². The maximum absolute atomic E-state index is 11.6. The van der Waals surface area contributed by atoms with Crippen LogP contribution < -0.4 is 0 Å². The first-order valence-electron chi connectivity index (χ1n) is 8.25. The van der Waals surface area contributed by atoms with Gasteiger partial charge in [0.1, 0.15) is 0 Å². The van der Waals surface area contributed by atoms with E-state index < -0.39 is 21.2 Å². The van der Waals surface area contributed by atoms with E-state index in [2.05, 4.69) is 37.9 Å². The molecule has 6 nitrogen and oxygen atoms in total. The van der Waals surface area contributed by atoms with Crippen LogP contribution >= 0.6 is 15.3 Å². The number of allylic oxidation sites excluding steroid dienone is 5. The van der Waals surface area contributed by atoms with Gasteiger partial charge in [0.05, 0.1) is 12.5 Å². The number of rotatable bonds is 11. The van der Waals surface area contributed by atoms with Crippen LogP contribution in [0.4, 0.5) is 0 Å². The average molecular weight is 392 g/mol. The molecule has 1 unspecified atom stereocenters. The normalized spacial score (nSPS) is 16.2. The Labute approximate surface area is 151 Å². The monoisotopic (exact) mass is 392 g/mol. The van der Waals surface area contributed by atoms with Crippen LogP contribution in [0.3, 0.4) is 0 Å². The van der Waals surface area contributed by atoms with Gasteiger partial charge in [0.25, 0.3) is 7.37 Å². The van der Waals surface area contributed by atoms with E-state index in [1.54, 1.807) is 0 Å². The lowest BCUT2D eigenvalue weighted by atomic mass is 10.1. The average Bonchev–Trinajstić information content (AvgIpc) is 2.40. The Morgan fingerprint density at radius 1 is 0.960 bits per heavy atom. The molecular formula is C17H32NO5P2+. The molecule has 8 heteroatoms. The summed E-state index contributed by atoms with van der Waals surface area (Å²) in [5.74, 6) is -0.148. The predicted molar refractivity (Wildman–Crippen MR) is 107 cm³/mol. The van der Waals surface area contributed by atoms with Crippen molar-refractivity contribution in [1.82, 2.24) is 0 Å². The summed E-state index contributed by atoms with van der Waals surface area (Å²) in [5.41, 5.74) is 3.84. The van der Waals surface area contributed by atoms with Crippen LogP contribution in [0.5, 0.6) is 0 Å². The van der Waals surface area contributed by atoms with Crippen molar-refractivity contribution in [3.63, 3.8) is 0 Å². The molecule has 25 heavy (non-hydrogen) atoms. The Morgan fingerprint density at radius 3 is 2.00 bits per heavy atom. The highest BCUT2D eigenvalue weighted by molar-refractivity contribution is 7.83. The predicted octanol–water partition coefficient (Wildman–Crippen LogP) is 4.40. The zero-order valence-electron chi connectivity index (χ0n) is 15.6. The van der Waals surface area contributed by atoms with Gasteiger partial charge < -0.3 is 4.89 Å². The minimum atomic E-state index is -4.27. The molecule has 1 atom stereocenters. The molecule has 0 spiro atoms. The molecule has 0 aromatic rings. The van der Waals surface area contributed by atoms with E-state index in [4.69, 9.17) is 14.7 Å². The largest absolute Gasteiger partial charge is 0.414 e. The molecule has 0 radical (unpaired) electrons. The lowest BCUT2D eigenvalue weighted by molar-refractivity contribution is 0.335. The highest BCUT2D eigenvalue weighted by atomic mass is 31.3. The second-order valence-corrected chi connectivity index (χ2v) is 10.8. The summed E-state index contributed by atoms with van der Waals surface area (Å²) >= 11 is 0. The second-order valence-electron chi connectivity index (χ2n) is 6.53. The first-order valence-corrected chi connectivity index (χ1v) is 12.0. The van der Waals surface area contributed by atoms with Crippen molar-refractivity contribution >= 4 is 21.3 Å². The van der Waals surface area contributed by atoms with Crippen LogP contribution in [-0.2, 0) is 4.57 Å². The topological polar surface area (TPSA) is 110 Å². The SMILES string of the molecule is CC(C)=CCCC(C)=CCCC(C)=CCN=CP(=O)(O)C[P+](O)(O)O. The number of hydrogen-bond donors (Lipinski definition) is 4. The third-order valence-corrected chi connectivity index (χ3v) is 6.99. The quantitative estimate of drug-likeness (QED) is 0.237. The summed E-state index contributed by atoms with van der Waals surface area (Å²) in [5, 5.41) is 0. The first kappa shape index (κ1) is 24.4. The zero-order valence-corrected chi connectivity index (χ0v) is 17.4. The standard InChI is InChI=1S/C17H31NO5P2/c1-15(2)7-5-8-16(3)9-6-10-17(4)11-12-18-13-24(19,20)14-25(21,22)23/h7,9,11,13,21-23H,5-6,8,10,12,14H2,1-4H3/p+1. The molecule has 0 aliphatic carbocycles. The van der Waals surface area contributed by atoms with E-state index in [1.807, 2.05) is 13.0 Å². The van der Waals surface area contributed by atoms with Gasteiger partial charge in [0, 0.05) is 0 Å². The molecule has 0 bridgehead atoms. The third-order valence-electron chi connectivity index (χ3n) is 3.32. The van der Waals surface area contributed by atoms with Gasteiger partial charge in [-0.1, -0.05) is 34.9 Å². The minimum Gasteiger partial charge on any atom is -0.338 e. The number of aliphatic imine (C=N–C) groups is 1. The lowest BCUT2D eigenvalue weighted by Crippen LogP contribution is -1.97. The lowest BCUT2D eigenvalue weighted by Gasteiger charge is -2.06. The van der Waals surface area contributed by atoms with Crippen LogP contribution in [0.1, 0.15) is 53.4 Å². The second kappa shape index (κ2) is 11.9. The Morgan fingerprint density at radius 2 is 1.48 bits per heavy atom. The van der Waals surface area contributed by atoms with Gasteiger partial charge in [-0.25, -0.2) is 0 Å². The molecule has 0 amide bonds. The van der Waals surface area contributed by atoms with Gasteiger partial charge in [0.15, 0.2) is 0 Å². The molecule has 4 N–H and O–H groups in total. The molecule has 0 aliphatic rings.